The molecule has 2 N–H and O–H groups in total. The lowest BCUT2D eigenvalue weighted by atomic mass is 9.98. The lowest BCUT2D eigenvalue weighted by Crippen LogP contribution is -2.48. The molecule has 4 heteroatoms. The molecule has 112 valence electrons. The molecular formula is C16H26N2O2. The fraction of sp³-hybridized carbons (Fsp3) is 0.625. The van der Waals surface area contributed by atoms with E-state index in [1.807, 2.05) is 12.1 Å². The van der Waals surface area contributed by atoms with E-state index in [0.717, 1.165) is 31.9 Å². The summed E-state index contributed by atoms with van der Waals surface area (Å²) in [6.07, 6.45) is 1.37. The standard InChI is InChI=1S/C16H26N2O2/c1-4-14-11-18(9-10-20-14)16(12(2)17)13-5-7-15(19-3)8-6-13/h5-8,12,14,16H,4,9-11,17H2,1-3H3. The minimum absolute atomic E-state index is 0.0824. The number of hydrogen-bond donors (Lipinski definition) is 1. The number of ether oxygens (including phenoxy) is 2. The minimum atomic E-state index is 0.0824. The van der Waals surface area contributed by atoms with Gasteiger partial charge in [-0.2, -0.15) is 0 Å². The normalized spacial score (nSPS) is 23.3. The maximum Gasteiger partial charge on any atom is 0.118 e. The van der Waals surface area contributed by atoms with Gasteiger partial charge in [0.25, 0.3) is 0 Å². The first-order chi connectivity index (χ1) is 9.65. The first-order valence-electron chi connectivity index (χ1n) is 7.41. The van der Waals surface area contributed by atoms with E-state index < -0.39 is 0 Å². The maximum absolute atomic E-state index is 6.24. The fourth-order valence-electron chi connectivity index (χ4n) is 2.89. The van der Waals surface area contributed by atoms with Gasteiger partial charge in [0.1, 0.15) is 5.75 Å². The Morgan fingerprint density at radius 3 is 2.65 bits per heavy atom. The molecule has 0 radical (unpaired) electrons. The average molecular weight is 278 g/mol. The Bertz CT molecular complexity index is 405. The summed E-state index contributed by atoms with van der Waals surface area (Å²) in [5.41, 5.74) is 7.49. The van der Waals surface area contributed by atoms with Gasteiger partial charge in [0, 0.05) is 25.2 Å². The molecule has 1 fully saturated rings. The van der Waals surface area contributed by atoms with Crippen LogP contribution < -0.4 is 10.5 Å². The van der Waals surface area contributed by atoms with E-state index in [0.29, 0.717) is 6.10 Å². The molecule has 0 aromatic heterocycles. The smallest absolute Gasteiger partial charge is 0.118 e. The van der Waals surface area contributed by atoms with Crippen molar-refractivity contribution in [2.45, 2.75) is 38.5 Å². The Hall–Kier alpha value is -1.10. The van der Waals surface area contributed by atoms with Gasteiger partial charge in [0.05, 0.1) is 19.8 Å². The first-order valence-corrected chi connectivity index (χ1v) is 7.41. The second-order valence-electron chi connectivity index (χ2n) is 5.47. The van der Waals surface area contributed by atoms with Gasteiger partial charge in [-0.15, -0.1) is 0 Å². The van der Waals surface area contributed by atoms with Crippen LogP contribution in [0.5, 0.6) is 5.75 Å². The second kappa shape index (κ2) is 7.07. The number of nitrogens with two attached hydrogens (primary N) is 1. The van der Waals surface area contributed by atoms with Gasteiger partial charge < -0.3 is 15.2 Å². The number of methoxy groups -OCH3 is 1. The molecule has 0 bridgehead atoms. The van der Waals surface area contributed by atoms with E-state index >= 15 is 0 Å². The minimum Gasteiger partial charge on any atom is -0.497 e. The summed E-state index contributed by atoms with van der Waals surface area (Å²) in [7, 11) is 1.69. The fourth-order valence-corrected chi connectivity index (χ4v) is 2.89. The van der Waals surface area contributed by atoms with Gasteiger partial charge in [-0.3, -0.25) is 4.90 Å². The van der Waals surface area contributed by atoms with E-state index in [1.165, 1.54) is 5.56 Å². The molecule has 2 rings (SSSR count). The molecule has 3 atom stereocenters. The highest BCUT2D eigenvalue weighted by molar-refractivity contribution is 5.30. The number of morpholine rings is 1. The molecule has 1 heterocycles. The van der Waals surface area contributed by atoms with E-state index in [1.54, 1.807) is 7.11 Å². The number of rotatable bonds is 5. The predicted molar refractivity (Wildman–Crippen MR) is 81.0 cm³/mol. The van der Waals surface area contributed by atoms with Gasteiger partial charge in [-0.1, -0.05) is 19.1 Å². The highest BCUT2D eigenvalue weighted by Crippen LogP contribution is 2.27. The molecule has 0 saturated carbocycles. The summed E-state index contributed by atoms with van der Waals surface area (Å²) in [5, 5.41) is 0. The highest BCUT2D eigenvalue weighted by atomic mass is 16.5. The molecule has 1 aromatic rings. The van der Waals surface area contributed by atoms with Gasteiger partial charge in [0.2, 0.25) is 0 Å². The van der Waals surface area contributed by atoms with Crippen LogP contribution in [0, 0.1) is 0 Å². The Labute approximate surface area is 121 Å². The topological polar surface area (TPSA) is 47.7 Å². The third kappa shape index (κ3) is 3.51. The summed E-state index contributed by atoms with van der Waals surface area (Å²) in [5.74, 6) is 0.880. The van der Waals surface area contributed by atoms with Crippen molar-refractivity contribution in [2.24, 2.45) is 5.73 Å². The summed E-state index contributed by atoms with van der Waals surface area (Å²) in [6.45, 7) is 6.93. The second-order valence-corrected chi connectivity index (χ2v) is 5.47. The van der Waals surface area contributed by atoms with E-state index in [9.17, 15) is 0 Å². The van der Waals surface area contributed by atoms with Gasteiger partial charge in [-0.25, -0.2) is 0 Å². The largest absolute Gasteiger partial charge is 0.497 e. The number of nitrogens with zero attached hydrogens (tertiary/aromatic N) is 1. The van der Waals surface area contributed by atoms with Crippen LogP contribution in [0.2, 0.25) is 0 Å². The highest BCUT2D eigenvalue weighted by Gasteiger charge is 2.28. The maximum atomic E-state index is 6.24. The van der Waals surface area contributed by atoms with E-state index in [4.69, 9.17) is 15.2 Å². The van der Waals surface area contributed by atoms with Crippen molar-refractivity contribution in [3.8, 4) is 5.75 Å². The van der Waals surface area contributed by atoms with Crippen molar-refractivity contribution in [1.29, 1.82) is 0 Å². The molecular weight excluding hydrogens is 252 g/mol. The third-order valence-electron chi connectivity index (χ3n) is 3.97. The third-order valence-corrected chi connectivity index (χ3v) is 3.97. The van der Waals surface area contributed by atoms with Crippen molar-refractivity contribution in [3.05, 3.63) is 29.8 Å². The van der Waals surface area contributed by atoms with Crippen LogP contribution in [0.25, 0.3) is 0 Å². The van der Waals surface area contributed by atoms with Crippen molar-refractivity contribution in [1.82, 2.24) is 4.90 Å². The zero-order valence-electron chi connectivity index (χ0n) is 12.7. The molecule has 0 amide bonds. The van der Waals surface area contributed by atoms with Crippen LogP contribution in [0.3, 0.4) is 0 Å². The Morgan fingerprint density at radius 1 is 1.40 bits per heavy atom. The van der Waals surface area contributed by atoms with Crippen LogP contribution in [-0.4, -0.2) is 43.9 Å². The zero-order valence-corrected chi connectivity index (χ0v) is 12.7. The van der Waals surface area contributed by atoms with Crippen LogP contribution in [0.15, 0.2) is 24.3 Å². The van der Waals surface area contributed by atoms with Gasteiger partial charge in [-0.05, 0) is 31.0 Å². The molecule has 1 saturated heterocycles. The molecule has 3 unspecified atom stereocenters. The van der Waals surface area contributed by atoms with Gasteiger partial charge >= 0.3 is 0 Å². The summed E-state index contributed by atoms with van der Waals surface area (Å²) < 4.78 is 11.0. The molecule has 20 heavy (non-hydrogen) atoms. The Kier molecular flexibility index (Phi) is 5.40. The molecule has 1 aliphatic rings. The van der Waals surface area contributed by atoms with E-state index in [-0.39, 0.29) is 12.1 Å². The lowest BCUT2D eigenvalue weighted by Gasteiger charge is -2.40. The molecule has 0 aliphatic carbocycles. The van der Waals surface area contributed by atoms with Crippen LogP contribution in [0.4, 0.5) is 0 Å². The molecule has 4 nitrogen and oxygen atoms in total. The van der Waals surface area contributed by atoms with Crippen LogP contribution in [0.1, 0.15) is 31.9 Å². The van der Waals surface area contributed by atoms with Gasteiger partial charge in [0.15, 0.2) is 0 Å². The summed E-state index contributed by atoms with van der Waals surface area (Å²) in [4.78, 5) is 2.45. The van der Waals surface area contributed by atoms with Crippen molar-refractivity contribution >= 4 is 0 Å². The summed E-state index contributed by atoms with van der Waals surface area (Å²) in [6, 6.07) is 8.55. The zero-order chi connectivity index (χ0) is 14.5. The molecule has 1 aromatic carbocycles. The number of hydrogen-bond acceptors (Lipinski definition) is 4. The monoisotopic (exact) mass is 278 g/mol. The lowest BCUT2D eigenvalue weighted by molar-refractivity contribution is -0.0477. The van der Waals surface area contributed by atoms with Crippen molar-refractivity contribution in [3.63, 3.8) is 0 Å². The van der Waals surface area contributed by atoms with Crippen molar-refractivity contribution < 1.29 is 9.47 Å². The first kappa shape index (κ1) is 15.3. The predicted octanol–water partition coefficient (Wildman–Crippen LogP) is 2.19. The SMILES string of the molecule is CCC1CN(C(c2ccc(OC)cc2)C(C)N)CCO1. The quantitative estimate of drug-likeness (QED) is 0.897. The number of benzene rings is 1. The van der Waals surface area contributed by atoms with Crippen molar-refractivity contribution in [2.75, 3.05) is 26.8 Å². The average Bonchev–Trinajstić information content (AvgIpc) is 2.48. The summed E-state index contributed by atoms with van der Waals surface area (Å²) >= 11 is 0. The molecule has 1 aliphatic heterocycles. The van der Waals surface area contributed by atoms with Crippen LogP contribution in [-0.2, 0) is 4.74 Å². The molecule has 0 spiro atoms. The Balaban J connectivity index is 2.17. The van der Waals surface area contributed by atoms with E-state index in [2.05, 4.69) is 30.9 Å². The van der Waals surface area contributed by atoms with Crippen LogP contribution >= 0.6 is 0 Å². The Morgan fingerprint density at radius 2 is 2.10 bits per heavy atom.